The number of rotatable bonds is 4. The van der Waals surface area contributed by atoms with E-state index < -0.39 is 24.9 Å². The molecule has 3 nitrogen and oxygen atoms in total. The molecule has 0 aromatic rings. The molecule has 0 unspecified atom stereocenters. The standard InChI is InChI=1S/C7H12F4N2O/c1-3-13(2)6(14)12-4-7(10,11)5(8)9/h5H,3-4H2,1-2H3,(H,12,14). The predicted octanol–water partition coefficient (Wildman–Crippen LogP) is 1.55. The maximum atomic E-state index is 12.3. The van der Waals surface area contributed by atoms with Crippen LogP contribution in [0.2, 0.25) is 0 Å². The van der Waals surface area contributed by atoms with Crippen LogP contribution in [0, 0.1) is 0 Å². The van der Waals surface area contributed by atoms with Crippen molar-refractivity contribution in [1.29, 1.82) is 0 Å². The van der Waals surface area contributed by atoms with E-state index in [-0.39, 0.29) is 0 Å². The van der Waals surface area contributed by atoms with E-state index in [1.807, 2.05) is 0 Å². The lowest BCUT2D eigenvalue weighted by atomic mass is 10.3. The van der Waals surface area contributed by atoms with Gasteiger partial charge in [-0.05, 0) is 6.92 Å². The average Bonchev–Trinajstić information content (AvgIpc) is 2.12. The molecule has 84 valence electrons. The van der Waals surface area contributed by atoms with Crippen LogP contribution in [0.3, 0.4) is 0 Å². The van der Waals surface area contributed by atoms with Gasteiger partial charge < -0.3 is 10.2 Å². The molecule has 0 aliphatic heterocycles. The first kappa shape index (κ1) is 13.0. The third-order valence-corrected chi connectivity index (χ3v) is 1.62. The molecule has 0 aliphatic rings. The molecule has 7 heteroatoms. The summed E-state index contributed by atoms with van der Waals surface area (Å²) in [5.41, 5.74) is 0. The Hall–Kier alpha value is -1.01. The molecule has 0 bridgehead atoms. The molecule has 0 fully saturated rings. The Morgan fingerprint density at radius 2 is 2.00 bits per heavy atom. The Bertz CT molecular complexity index is 198. The molecule has 0 aromatic carbocycles. The Balaban J connectivity index is 4.00. The molecule has 0 aliphatic carbocycles. The Kier molecular flexibility index (Phi) is 4.65. The highest BCUT2D eigenvalue weighted by Gasteiger charge is 2.40. The minimum absolute atomic E-state index is 0.312. The van der Waals surface area contributed by atoms with Gasteiger partial charge in [-0.25, -0.2) is 13.6 Å². The number of carbonyl (C=O) groups excluding carboxylic acids is 1. The number of hydrogen-bond donors (Lipinski definition) is 1. The molecule has 1 N–H and O–H groups in total. The molecule has 0 radical (unpaired) electrons. The van der Waals surface area contributed by atoms with Crippen LogP contribution in [-0.4, -0.2) is 43.4 Å². The van der Waals surface area contributed by atoms with E-state index in [0.717, 1.165) is 4.90 Å². The molecular formula is C7H12F4N2O. The van der Waals surface area contributed by atoms with Gasteiger partial charge >= 0.3 is 18.4 Å². The third kappa shape index (κ3) is 3.80. The number of carbonyl (C=O) groups is 1. The van der Waals surface area contributed by atoms with Crippen LogP contribution < -0.4 is 5.32 Å². The van der Waals surface area contributed by atoms with Gasteiger partial charge in [0, 0.05) is 13.6 Å². The van der Waals surface area contributed by atoms with Crippen molar-refractivity contribution in [2.75, 3.05) is 20.1 Å². The summed E-state index contributed by atoms with van der Waals surface area (Å²) in [7, 11) is 1.37. The monoisotopic (exact) mass is 216 g/mol. The largest absolute Gasteiger partial charge is 0.332 e. The number of nitrogens with zero attached hydrogens (tertiary/aromatic N) is 1. The first-order valence-corrected chi connectivity index (χ1v) is 3.96. The number of nitrogens with one attached hydrogen (secondary N) is 1. The van der Waals surface area contributed by atoms with E-state index in [1.165, 1.54) is 7.05 Å². The van der Waals surface area contributed by atoms with Gasteiger partial charge in [-0.15, -0.1) is 0 Å². The van der Waals surface area contributed by atoms with Crippen molar-refractivity contribution in [1.82, 2.24) is 10.2 Å². The second kappa shape index (κ2) is 5.02. The number of alkyl halides is 4. The molecule has 0 aromatic heterocycles. The lowest BCUT2D eigenvalue weighted by Crippen LogP contribution is -2.45. The summed E-state index contributed by atoms with van der Waals surface area (Å²) in [4.78, 5) is 12.0. The van der Waals surface area contributed by atoms with Crippen LogP contribution in [0.1, 0.15) is 6.92 Å². The minimum atomic E-state index is -4.18. The Labute approximate surface area is 79.1 Å². The van der Waals surface area contributed by atoms with Crippen LogP contribution in [0.15, 0.2) is 0 Å². The molecule has 0 heterocycles. The van der Waals surface area contributed by atoms with E-state index in [9.17, 15) is 22.4 Å². The lowest BCUT2D eigenvalue weighted by molar-refractivity contribution is -0.123. The third-order valence-electron chi connectivity index (χ3n) is 1.62. The van der Waals surface area contributed by atoms with Crippen molar-refractivity contribution in [3.05, 3.63) is 0 Å². The second-order valence-electron chi connectivity index (χ2n) is 2.73. The SMILES string of the molecule is CCN(C)C(=O)NCC(F)(F)C(F)F. The van der Waals surface area contributed by atoms with Crippen LogP contribution in [-0.2, 0) is 0 Å². The first-order chi connectivity index (χ1) is 6.31. The normalized spacial score (nSPS) is 11.6. The maximum absolute atomic E-state index is 12.3. The van der Waals surface area contributed by atoms with Gasteiger partial charge in [0.05, 0.1) is 6.54 Å². The molecular weight excluding hydrogens is 204 g/mol. The van der Waals surface area contributed by atoms with Crippen LogP contribution in [0.25, 0.3) is 0 Å². The molecule has 0 spiro atoms. The lowest BCUT2D eigenvalue weighted by Gasteiger charge is -2.19. The maximum Gasteiger partial charge on any atom is 0.324 e. The summed E-state index contributed by atoms with van der Waals surface area (Å²) < 4.78 is 47.8. The van der Waals surface area contributed by atoms with Gasteiger partial charge in [0.1, 0.15) is 0 Å². The van der Waals surface area contributed by atoms with E-state index in [1.54, 1.807) is 12.2 Å². The number of halogens is 4. The summed E-state index contributed by atoms with van der Waals surface area (Å²) in [5.74, 6) is -4.18. The zero-order chi connectivity index (χ0) is 11.4. The second-order valence-corrected chi connectivity index (χ2v) is 2.73. The van der Waals surface area contributed by atoms with Crippen molar-refractivity contribution < 1.29 is 22.4 Å². The van der Waals surface area contributed by atoms with Crippen molar-refractivity contribution in [3.63, 3.8) is 0 Å². The highest BCUT2D eigenvalue weighted by atomic mass is 19.3. The zero-order valence-electron chi connectivity index (χ0n) is 7.86. The van der Waals surface area contributed by atoms with Crippen molar-refractivity contribution in [3.8, 4) is 0 Å². The molecule has 0 saturated heterocycles. The van der Waals surface area contributed by atoms with Crippen molar-refractivity contribution in [2.24, 2.45) is 0 Å². The summed E-state index contributed by atoms with van der Waals surface area (Å²) in [6.07, 6.45) is -3.77. The number of amides is 2. The Morgan fingerprint density at radius 3 is 2.36 bits per heavy atom. The van der Waals surface area contributed by atoms with E-state index in [2.05, 4.69) is 0 Å². The number of urea groups is 1. The van der Waals surface area contributed by atoms with Gasteiger partial charge in [-0.2, -0.15) is 8.78 Å². The smallest absolute Gasteiger partial charge is 0.324 e. The van der Waals surface area contributed by atoms with Crippen molar-refractivity contribution >= 4 is 6.03 Å². The Morgan fingerprint density at radius 1 is 1.50 bits per heavy atom. The van der Waals surface area contributed by atoms with Crippen LogP contribution in [0.4, 0.5) is 22.4 Å². The molecule has 0 atom stereocenters. The number of hydrogen-bond acceptors (Lipinski definition) is 1. The van der Waals surface area contributed by atoms with E-state index in [4.69, 9.17) is 0 Å². The fourth-order valence-electron chi connectivity index (χ4n) is 0.549. The molecule has 2 amide bonds. The quantitative estimate of drug-likeness (QED) is 0.710. The summed E-state index contributed by atoms with van der Waals surface area (Å²) >= 11 is 0. The fourth-order valence-corrected chi connectivity index (χ4v) is 0.549. The van der Waals surface area contributed by atoms with Gasteiger partial charge in [-0.1, -0.05) is 0 Å². The van der Waals surface area contributed by atoms with Gasteiger partial charge in [0.15, 0.2) is 0 Å². The fraction of sp³-hybridized carbons (Fsp3) is 0.857. The van der Waals surface area contributed by atoms with E-state index >= 15 is 0 Å². The predicted molar refractivity (Wildman–Crippen MR) is 42.7 cm³/mol. The minimum Gasteiger partial charge on any atom is -0.332 e. The van der Waals surface area contributed by atoms with Gasteiger partial charge in [0.2, 0.25) is 0 Å². The van der Waals surface area contributed by atoms with E-state index in [0.29, 0.717) is 6.54 Å². The highest BCUT2D eigenvalue weighted by Crippen LogP contribution is 2.21. The van der Waals surface area contributed by atoms with Gasteiger partial charge in [-0.3, -0.25) is 0 Å². The van der Waals surface area contributed by atoms with Gasteiger partial charge in [0.25, 0.3) is 0 Å². The topological polar surface area (TPSA) is 32.3 Å². The van der Waals surface area contributed by atoms with Crippen LogP contribution in [0.5, 0.6) is 0 Å². The molecule has 0 saturated carbocycles. The molecule has 14 heavy (non-hydrogen) atoms. The summed E-state index contributed by atoms with van der Waals surface area (Å²) in [5, 5.41) is 1.71. The average molecular weight is 216 g/mol. The van der Waals surface area contributed by atoms with Crippen LogP contribution >= 0.6 is 0 Å². The molecule has 0 rings (SSSR count). The highest BCUT2D eigenvalue weighted by molar-refractivity contribution is 5.73. The summed E-state index contributed by atoms with van der Waals surface area (Å²) in [6, 6.07) is -0.798. The first-order valence-electron chi connectivity index (χ1n) is 3.96. The van der Waals surface area contributed by atoms with Crippen molar-refractivity contribution in [2.45, 2.75) is 19.3 Å². The zero-order valence-corrected chi connectivity index (χ0v) is 7.86. The summed E-state index contributed by atoms with van der Waals surface area (Å²) in [6.45, 7) is 0.588.